The highest BCUT2D eigenvalue weighted by molar-refractivity contribution is 5.32. The molecular weight excluding hydrogens is 220 g/mol. The van der Waals surface area contributed by atoms with Crippen LogP contribution in [0.1, 0.15) is 49.8 Å². The molecule has 0 amide bonds. The zero-order valence-electron chi connectivity index (χ0n) is 11.4. The van der Waals surface area contributed by atoms with Crippen LogP contribution in [-0.4, -0.2) is 24.0 Å². The molecule has 2 heterocycles. The van der Waals surface area contributed by atoms with E-state index in [0.29, 0.717) is 6.04 Å². The Labute approximate surface area is 110 Å². The fraction of sp³-hybridized carbons (Fsp3) is 0.625. The lowest BCUT2D eigenvalue weighted by atomic mass is 9.94. The number of hydrogen-bond donors (Lipinski definition) is 1. The molecule has 18 heavy (non-hydrogen) atoms. The van der Waals surface area contributed by atoms with Gasteiger partial charge in [0, 0.05) is 25.2 Å². The summed E-state index contributed by atoms with van der Waals surface area (Å²) in [4.78, 5) is 2.73. The highest BCUT2D eigenvalue weighted by Gasteiger charge is 2.29. The largest absolute Gasteiger partial charge is 0.311 e. The predicted molar refractivity (Wildman–Crippen MR) is 75.5 cm³/mol. The summed E-state index contributed by atoms with van der Waals surface area (Å²) < 4.78 is 0. The van der Waals surface area contributed by atoms with Gasteiger partial charge < -0.3 is 5.32 Å². The van der Waals surface area contributed by atoms with E-state index < -0.39 is 0 Å². The minimum absolute atomic E-state index is 0.586. The van der Waals surface area contributed by atoms with Crippen molar-refractivity contribution in [1.82, 2.24) is 10.2 Å². The van der Waals surface area contributed by atoms with Crippen molar-refractivity contribution in [1.29, 1.82) is 0 Å². The van der Waals surface area contributed by atoms with Crippen molar-refractivity contribution in [2.45, 2.75) is 51.2 Å². The van der Waals surface area contributed by atoms with Crippen molar-refractivity contribution in [3.05, 3.63) is 35.4 Å². The number of fused-ring (bicyclic) bond motifs is 1. The van der Waals surface area contributed by atoms with Crippen LogP contribution in [0.2, 0.25) is 0 Å². The third kappa shape index (κ3) is 2.32. The fourth-order valence-electron chi connectivity index (χ4n) is 3.53. The Morgan fingerprint density at radius 3 is 3.00 bits per heavy atom. The van der Waals surface area contributed by atoms with Gasteiger partial charge in [-0.3, -0.25) is 4.90 Å². The zero-order valence-corrected chi connectivity index (χ0v) is 11.4. The van der Waals surface area contributed by atoms with Crippen LogP contribution >= 0.6 is 0 Å². The Hall–Kier alpha value is -0.860. The van der Waals surface area contributed by atoms with Crippen molar-refractivity contribution in [2.24, 2.45) is 0 Å². The van der Waals surface area contributed by atoms with Gasteiger partial charge in [0.2, 0.25) is 0 Å². The second kappa shape index (κ2) is 5.41. The van der Waals surface area contributed by atoms with E-state index in [9.17, 15) is 0 Å². The molecule has 0 aliphatic carbocycles. The average Bonchev–Trinajstić information content (AvgIpc) is 2.63. The van der Waals surface area contributed by atoms with Crippen LogP contribution in [0.25, 0.3) is 0 Å². The van der Waals surface area contributed by atoms with Crippen molar-refractivity contribution >= 4 is 0 Å². The van der Waals surface area contributed by atoms with Gasteiger partial charge in [0.15, 0.2) is 0 Å². The van der Waals surface area contributed by atoms with Crippen LogP contribution in [0.3, 0.4) is 0 Å². The monoisotopic (exact) mass is 244 g/mol. The van der Waals surface area contributed by atoms with E-state index in [1.165, 1.54) is 37.8 Å². The molecule has 0 aromatic heterocycles. The number of benzene rings is 1. The van der Waals surface area contributed by atoms with Gasteiger partial charge in [-0.25, -0.2) is 0 Å². The lowest BCUT2D eigenvalue weighted by molar-refractivity contribution is 0.138. The normalized spacial score (nSPS) is 29.6. The highest BCUT2D eigenvalue weighted by Crippen LogP contribution is 2.31. The van der Waals surface area contributed by atoms with Crippen molar-refractivity contribution in [3.63, 3.8) is 0 Å². The first-order valence-corrected chi connectivity index (χ1v) is 7.40. The van der Waals surface area contributed by atoms with Crippen LogP contribution in [0.5, 0.6) is 0 Å². The fourth-order valence-corrected chi connectivity index (χ4v) is 3.53. The molecule has 1 aromatic rings. The van der Waals surface area contributed by atoms with E-state index in [2.05, 4.69) is 41.4 Å². The van der Waals surface area contributed by atoms with Gasteiger partial charge in [-0.05, 0) is 37.4 Å². The Morgan fingerprint density at radius 1 is 1.17 bits per heavy atom. The van der Waals surface area contributed by atoms with Gasteiger partial charge in [0.1, 0.15) is 0 Å². The third-order valence-corrected chi connectivity index (χ3v) is 4.57. The first-order valence-electron chi connectivity index (χ1n) is 7.40. The van der Waals surface area contributed by atoms with E-state index in [0.717, 1.165) is 19.1 Å². The zero-order chi connectivity index (χ0) is 12.4. The number of hydrogen-bond acceptors (Lipinski definition) is 2. The van der Waals surface area contributed by atoms with E-state index in [1.807, 2.05) is 0 Å². The predicted octanol–water partition coefficient (Wildman–Crippen LogP) is 3.10. The smallest absolute Gasteiger partial charge is 0.0478 e. The Bertz CT molecular complexity index is 402. The van der Waals surface area contributed by atoms with E-state index in [1.54, 1.807) is 5.56 Å². The van der Waals surface area contributed by atoms with Crippen molar-refractivity contribution < 1.29 is 0 Å². The summed E-state index contributed by atoms with van der Waals surface area (Å²) in [6.45, 7) is 5.82. The maximum atomic E-state index is 3.59. The molecule has 98 valence electrons. The number of nitrogens with zero attached hydrogens (tertiary/aromatic N) is 1. The molecule has 0 saturated carbocycles. The van der Waals surface area contributed by atoms with E-state index >= 15 is 0 Å². The summed E-state index contributed by atoms with van der Waals surface area (Å²) in [5.41, 5.74) is 3.05. The molecular formula is C16H24N2. The summed E-state index contributed by atoms with van der Waals surface area (Å²) in [6.07, 6.45) is 5.53. The minimum atomic E-state index is 0.586. The van der Waals surface area contributed by atoms with Crippen LogP contribution < -0.4 is 5.32 Å². The topological polar surface area (TPSA) is 15.3 Å². The standard InChI is InChI=1S/C16H24N2/c1-13-7-3-2-6-10-18(13)16-12-17-11-14-8-4-5-9-15(14)16/h4-5,8-9,13,16-17H,2-3,6-7,10-12H2,1H3. The van der Waals surface area contributed by atoms with Gasteiger partial charge in [0.05, 0.1) is 0 Å². The summed E-state index contributed by atoms with van der Waals surface area (Å²) in [7, 11) is 0. The number of likely N-dealkylation sites (tertiary alicyclic amines) is 1. The van der Waals surface area contributed by atoms with Crippen LogP contribution in [-0.2, 0) is 6.54 Å². The number of rotatable bonds is 1. The molecule has 2 atom stereocenters. The first kappa shape index (κ1) is 12.2. The van der Waals surface area contributed by atoms with E-state index in [4.69, 9.17) is 0 Å². The molecule has 0 bridgehead atoms. The van der Waals surface area contributed by atoms with Crippen molar-refractivity contribution in [3.8, 4) is 0 Å². The van der Waals surface area contributed by atoms with Gasteiger partial charge in [-0.15, -0.1) is 0 Å². The average molecular weight is 244 g/mol. The van der Waals surface area contributed by atoms with Crippen molar-refractivity contribution in [2.75, 3.05) is 13.1 Å². The second-order valence-corrected chi connectivity index (χ2v) is 5.78. The SMILES string of the molecule is CC1CCCCCN1C1CNCc2ccccc21. The molecule has 0 spiro atoms. The molecule has 1 fully saturated rings. The summed E-state index contributed by atoms with van der Waals surface area (Å²) in [5.74, 6) is 0. The quantitative estimate of drug-likeness (QED) is 0.816. The maximum Gasteiger partial charge on any atom is 0.0478 e. The van der Waals surface area contributed by atoms with Crippen LogP contribution in [0, 0.1) is 0 Å². The molecule has 2 aliphatic heterocycles. The van der Waals surface area contributed by atoms with E-state index in [-0.39, 0.29) is 0 Å². The Kier molecular flexibility index (Phi) is 3.67. The Morgan fingerprint density at radius 2 is 2.06 bits per heavy atom. The van der Waals surface area contributed by atoms with Gasteiger partial charge in [-0.1, -0.05) is 37.1 Å². The van der Waals surface area contributed by atoms with Crippen LogP contribution in [0.4, 0.5) is 0 Å². The molecule has 3 rings (SSSR count). The lowest BCUT2D eigenvalue weighted by Crippen LogP contribution is -2.43. The minimum Gasteiger partial charge on any atom is -0.311 e. The summed E-state index contributed by atoms with van der Waals surface area (Å²) in [6, 6.07) is 10.3. The van der Waals surface area contributed by atoms with Gasteiger partial charge in [-0.2, -0.15) is 0 Å². The van der Waals surface area contributed by atoms with Crippen LogP contribution in [0.15, 0.2) is 24.3 Å². The molecule has 0 radical (unpaired) electrons. The lowest BCUT2D eigenvalue weighted by Gasteiger charge is -2.39. The third-order valence-electron chi connectivity index (χ3n) is 4.57. The molecule has 1 saturated heterocycles. The molecule has 1 aromatic carbocycles. The second-order valence-electron chi connectivity index (χ2n) is 5.78. The molecule has 1 N–H and O–H groups in total. The Balaban J connectivity index is 1.88. The molecule has 2 aliphatic rings. The molecule has 2 nitrogen and oxygen atoms in total. The molecule has 2 heteroatoms. The highest BCUT2D eigenvalue weighted by atomic mass is 15.2. The first-order chi connectivity index (χ1) is 8.86. The molecule has 2 unspecified atom stereocenters. The number of nitrogens with one attached hydrogen (secondary N) is 1. The van der Waals surface area contributed by atoms with Gasteiger partial charge >= 0.3 is 0 Å². The maximum absolute atomic E-state index is 3.59. The summed E-state index contributed by atoms with van der Waals surface area (Å²) in [5, 5.41) is 3.59. The summed E-state index contributed by atoms with van der Waals surface area (Å²) >= 11 is 0. The van der Waals surface area contributed by atoms with Gasteiger partial charge in [0.25, 0.3) is 0 Å².